The summed E-state index contributed by atoms with van der Waals surface area (Å²) in [4.78, 5) is 10.7. The molecule has 0 aliphatic heterocycles. The summed E-state index contributed by atoms with van der Waals surface area (Å²) in [5.41, 5.74) is 1.90. The Morgan fingerprint density at radius 3 is 2.83 bits per heavy atom. The molecule has 2 unspecified atom stereocenters. The first-order chi connectivity index (χ1) is 8.60. The molecule has 1 saturated carbocycles. The van der Waals surface area contributed by atoms with Crippen molar-refractivity contribution in [3.05, 3.63) is 33.9 Å². The maximum atomic E-state index is 11.0. The lowest BCUT2D eigenvalue weighted by atomic mass is 10.1. The Kier molecular flexibility index (Phi) is 3.84. The molecule has 1 fully saturated rings. The molecular weight excluding hydrogens is 228 g/mol. The van der Waals surface area contributed by atoms with E-state index in [0.717, 1.165) is 24.3 Å². The highest BCUT2D eigenvalue weighted by molar-refractivity contribution is 5.63. The Labute approximate surface area is 108 Å². The molecule has 0 amide bonds. The smallest absolute Gasteiger partial charge is 0.292 e. The second kappa shape index (κ2) is 5.38. The normalized spacial score (nSPS) is 23.0. The quantitative estimate of drug-likeness (QED) is 0.649. The fraction of sp³-hybridized carbons (Fsp3) is 0.571. The van der Waals surface area contributed by atoms with E-state index in [0.29, 0.717) is 11.7 Å². The van der Waals surface area contributed by atoms with Gasteiger partial charge >= 0.3 is 0 Å². The molecule has 1 N–H and O–H groups in total. The molecule has 4 nitrogen and oxygen atoms in total. The average molecular weight is 248 g/mol. The van der Waals surface area contributed by atoms with Crippen molar-refractivity contribution in [3.8, 4) is 0 Å². The topological polar surface area (TPSA) is 55.2 Å². The van der Waals surface area contributed by atoms with Crippen molar-refractivity contribution in [2.75, 3.05) is 5.32 Å². The zero-order chi connectivity index (χ0) is 13.1. The average Bonchev–Trinajstić information content (AvgIpc) is 2.76. The van der Waals surface area contributed by atoms with Gasteiger partial charge in [-0.05, 0) is 43.7 Å². The van der Waals surface area contributed by atoms with E-state index in [2.05, 4.69) is 12.2 Å². The predicted molar refractivity (Wildman–Crippen MR) is 72.9 cm³/mol. The van der Waals surface area contributed by atoms with Gasteiger partial charge in [-0.15, -0.1) is 0 Å². The van der Waals surface area contributed by atoms with Crippen LogP contribution in [0, 0.1) is 23.0 Å². The molecule has 4 heteroatoms. The number of anilines is 1. The zero-order valence-electron chi connectivity index (χ0n) is 11.0. The molecule has 0 radical (unpaired) electrons. The predicted octanol–water partition coefficient (Wildman–Crippen LogP) is 3.89. The largest absolute Gasteiger partial charge is 0.377 e. The summed E-state index contributed by atoms with van der Waals surface area (Å²) in [6, 6.07) is 5.63. The van der Waals surface area contributed by atoms with Crippen LogP contribution in [0.2, 0.25) is 0 Å². The molecule has 0 saturated heterocycles. The Bertz CT molecular complexity index is 445. The minimum absolute atomic E-state index is 0.181. The van der Waals surface area contributed by atoms with Crippen LogP contribution in [0.5, 0.6) is 0 Å². The van der Waals surface area contributed by atoms with Crippen LogP contribution < -0.4 is 5.32 Å². The molecule has 2 rings (SSSR count). The third kappa shape index (κ3) is 2.81. The van der Waals surface area contributed by atoms with Crippen LogP contribution in [0.3, 0.4) is 0 Å². The minimum Gasteiger partial charge on any atom is -0.377 e. The van der Waals surface area contributed by atoms with E-state index in [4.69, 9.17) is 0 Å². The Morgan fingerprint density at radius 2 is 2.22 bits per heavy atom. The van der Waals surface area contributed by atoms with E-state index in [1.165, 1.54) is 12.8 Å². The van der Waals surface area contributed by atoms with Gasteiger partial charge < -0.3 is 5.32 Å². The molecule has 0 spiro atoms. The first-order valence-corrected chi connectivity index (χ1v) is 6.61. The maximum absolute atomic E-state index is 11.0. The van der Waals surface area contributed by atoms with Gasteiger partial charge in [0.15, 0.2) is 0 Å². The summed E-state index contributed by atoms with van der Waals surface area (Å²) in [5.74, 6) is 0.770. The van der Waals surface area contributed by atoms with Crippen molar-refractivity contribution in [1.82, 2.24) is 0 Å². The highest BCUT2D eigenvalue weighted by Crippen LogP contribution is 2.33. The van der Waals surface area contributed by atoms with E-state index >= 15 is 0 Å². The number of aryl methyl sites for hydroxylation is 1. The molecule has 1 aliphatic carbocycles. The van der Waals surface area contributed by atoms with Crippen LogP contribution in [-0.4, -0.2) is 11.0 Å². The van der Waals surface area contributed by atoms with Gasteiger partial charge in [-0.3, -0.25) is 10.1 Å². The standard InChI is InChI=1S/C14H20N2O2/c1-3-11-5-6-12(9-11)15-13-8-10(2)4-7-14(13)16(17)18/h4,7-8,11-12,15H,3,5-6,9H2,1-2H3. The van der Waals surface area contributed by atoms with Crippen LogP contribution in [0.1, 0.15) is 38.2 Å². The molecule has 1 aromatic carbocycles. The van der Waals surface area contributed by atoms with Crippen molar-refractivity contribution < 1.29 is 4.92 Å². The van der Waals surface area contributed by atoms with Gasteiger partial charge in [0, 0.05) is 12.1 Å². The Hall–Kier alpha value is -1.58. The number of rotatable bonds is 4. The van der Waals surface area contributed by atoms with Gasteiger partial charge in [0.05, 0.1) is 4.92 Å². The van der Waals surface area contributed by atoms with Crippen LogP contribution in [0.4, 0.5) is 11.4 Å². The van der Waals surface area contributed by atoms with Gasteiger partial charge in [0.2, 0.25) is 0 Å². The molecule has 1 aliphatic rings. The minimum atomic E-state index is -0.311. The molecular formula is C14H20N2O2. The number of hydrogen-bond donors (Lipinski definition) is 1. The number of nitrogens with zero attached hydrogens (tertiary/aromatic N) is 1. The molecule has 0 heterocycles. The van der Waals surface area contributed by atoms with Crippen LogP contribution in [-0.2, 0) is 0 Å². The third-order valence-electron chi connectivity index (χ3n) is 3.83. The monoisotopic (exact) mass is 248 g/mol. The number of benzene rings is 1. The second-order valence-electron chi connectivity index (χ2n) is 5.21. The summed E-state index contributed by atoms with van der Waals surface area (Å²) >= 11 is 0. The lowest BCUT2D eigenvalue weighted by Gasteiger charge is -2.15. The Balaban J connectivity index is 2.13. The summed E-state index contributed by atoms with van der Waals surface area (Å²) in [5, 5.41) is 14.3. The van der Waals surface area contributed by atoms with Crippen molar-refractivity contribution >= 4 is 11.4 Å². The molecule has 1 aromatic rings. The van der Waals surface area contributed by atoms with Crippen LogP contribution >= 0.6 is 0 Å². The maximum Gasteiger partial charge on any atom is 0.292 e. The van der Waals surface area contributed by atoms with E-state index < -0.39 is 0 Å². The summed E-state index contributed by atoms with van der Waals surface area (Å²) in [7, 11) is 0. The third-order valence-corrected chi connectivity index (χ3v) is 3.83. The summed E-state index contributed by atoms with van der Waals surface area (Å²) in [6.45, 7) is 4.17. The zero-order valence-corrected chi connectivity index (χ0v) is 11.0. The molecule has 18 heavy (non-hydrogen) atoms. The van der Waals surface area contributed by atoms with Gasteiger partial charge in [0.1, 0.15) is 5.69 Å². The SMILES string of the molecule is CCC1CCC(Nc2cc(C)ccc2[N+](=O)[O-])C1. The second-order valence-corrected chi connectivity index (χ2v) is 5.21. The first kappa shape index (κ1) is 12.9. The number of nitrogens with one attached hydrogen (secondary N) is 1. The molecule has 0 aromatic heterocycles. The van der Waals surface area contributed by atoms with E-state index in [9.17, 15) is 10.1 Å². The van der Waals surface area contributed by atoms with E-state index in [1.807, 2.05) is 13.0 Å². The van der Waals surface area contributed by atoms with E-state index in [-0.39, 0.29) is 10.6 Å². The van der Waals surface area contributed by atoms with Crippen molar-refractivity contribution in [3.63, 3.8) is 0 Å². The molecule has 2 atom stereocenters. The fourth-order valence-corrected chi connectivity index (χ4v) is 2.72. The lowest BCUT2D eigenvalue weighted by Crippen LogP contribution is -2.16. The van der Waals surface area contributed by atoms with Crippen molar-refractivity contribution in [1.29, 1.82) is 0 Å². The number of nitro benzene ring substituents is 1. The highest BCUT2D eigenvalue weighted by Gasteiger charge is 2.25. The van der Waals surface area contributed by atoms with Crippen LogP contribution in [0.15, 0.2) is 18.2 Å². The van der Waals surface area contributed by atoms with Crippen molar-refractivity contribution in [2.24, 2.45) is 5.92 Å². The van der Waals surface area contributed by atoms with Gasteiger partial charge in [-0.2, -0.15) is 0 Å². The molecule has 98 valence electrons. The van der Waals surface area contributed by atoms with Crippen molar-refractivity contribution in [2.45, 2.75) is 45.6 Å². The summed E-state index contributed by atoms with van der Waals surface area (Å²) in [6.07, 6.45) is 4.67. The summed E-state index contributed by atoms with van der Waals surface area (Å²) < 4.78 is 0. The number of hydrogen-bond acceptors (Lipinski definition) is 3. The Morgan fingerprint density at radius 1 is 1.44 bits per heavy atom. The number of nitro groups is 1. The van der Waals surface area contributed by atoms with E-state index in [1.54, 1.807) is 12.1 Å². The van der Waals surface area contributed by atoms with Crippen LogP contribution in [0.25, 0.3) is 0 Å². The van der Waals surface area contributed by atoms with Gasteiger partial charge in [-0.1, -0.05) is 19.4 Å². The van der Waals surface area contributed by atoms with Gasteiger partial charge in [0.25, 0.3) is 5.69 Å². The first-order valence-electron chi connectivity index (χ1n) is 6.61. The molecule has 0 bridgehead atoms. The lowest BCUT2D eigenvalue weighted by molar-refractivity contribution is -0.384. The highest BCUT2D eigenvalue weighted by atomic mass is 16.6. The van der Waals surface area contributed by atoms with Gasteiger partial charge in [-0.25, -0.2) is 0 Å². The fourth-order valence-electron chi connectivity index (χ4n) is 2.72.